The van der Waals surface area contributed by atoms with Crippen molar-refractivity contribution < 1.29 is 32.1 Å². The van der Waals surface area contributed by atoms with Gasteiger partial charge in [0.05, 0.1) is 16.0 Å². The molecule has 0 aliphatic rings. The Morgan fingerprint density at radius 3 is 2.38 bits per heavy atom. The third-order valence-corrected chi connectivity index (χ3v) is 9.14. The molecule has 11 nitrogen and oxygen atoms in total. The second-order valence-corrected chi connectivity index (χ2v) is 13.3. The van der Waals surface area contributed by atoms with E-state index in [4.69, 9.17) is 14.5 Å². The van der Waals surface area contributed by atoms with E-state index in [1.54, 1.807) is 30.3 Å². The quantitative estimate of drug-likeness (QED) is 0.133. The summed E-state index contributed by atoms with van der Waals surface area (Å²) >= 11 is 1.33. The van der Waals surface area contributed by atoms with Crippen LogP contribution in [-0.4, -0.2) is 72.8 Å². The van der Waals surface area contributed by atoms with E-state index in [2.05, 4.69) is 0 Å². The molecule has 0 saturated heterocycles. The predicted octanol–water partition coefficient (Wildman–Crippen LogP) is 5.39. The molecule has 5 rings (SSSR count). The Bertz CT molecular complexity index is 2040. The summed E-state index contributed by atoms with van der Waals surface area (Å²) in [4.78, 5) is 47.2. The number of carbonyl (C=O) groups excluding carboxylic acids is 1. The van der Waals surface area contributed by atoms with E-state index < -0.39 is 33.4 Å². The Morgan fingerprint density at radius 2 is 1.67 bits per heavy atom. The first-order chi connectivity index (χ1) is 21.4. The Kier molecular flexibility index (Phi) is 9.32. The number of carboxylic acid groups (broad SMARTS) is 1. The van der Waals surface area contributed by atoms with Crippen LogP contribution in [0.25, 0.3) is 42.9 Å². The van der Waals surface area contributed by atoms with Crippen molar-refractivity contribution in [1.29, 1.82) is 0 Å². The Balaban J connectivity index is 1.70. The van der Waals surface area contributed by atoms with Crippen LogP contribution in [0.5, 0.6) is 0 Å². The van der Waals surface area contributed by atoms with Gasteiger partial charge in [0.15, 0.2) is 0 Å². The minimum Gasteiger partial charge on any atom is -0.481 e. The SMILES string of the molecule is CN(C)c1ccc2c(-c3ccccc3C(=O)N(CCCC(=O)O)CCCS(=O)(=O)O)c(-c3nc4ccccc4s3)c(=O)oc2c1. The highest BCUT2D eigenvalue weighted by Crippen LogP contribution is 2.41. The van der Waals surface area contributed by atoms with E-state index in [0.717, 1.165) is 10.4 Å². The zero-order valence-corrected chi connectivity index (χ0v) is 26.2. The third-order valence-electron chi connectivity index (χ3n) is 7.28. The first-order valence-electron chi connectivity index (χ1n) is 14.1. The maximum Gasteiger partial charge on any atom is 0.347 e. The average Bonchev–Trinajstić information content (AvgIpc) is 3.42. The van der Waals surface area contributed by atoms with Gasteiger partial charge in [-0.2, -0.15) is 8.42 Å². The number of nitrogens with zero attached hydrogens (tertiary/aromatic N) is 3. The van der Waals surface area contributed by atoms with Crippen molar-refractivity contribution in [2.45, 2.75) is 19.3 Å². The van der Waals surface area contributed by atoms with E-state index in [9.17, 15) is 27.4 Å². The molecule has 2 N–H and O–H groups in total. The summed E-state index contributed by atoms with van der Waals surface area (Å²) in [5.41, 5.74) is 2.52. The molecule has 0 unspecified atom stereocenters. The lowest BCUT2D eigenvalue weighted by molar-refractivity contribution is -0.137. The lowest BCUT2D eigenvalue weighted by Gasteiger charge is -2.24. The number of aromatic nitrogens is 1. The molecule has 45 heavy (non-hydrogen) atoms. The monoisotopic (exact) mass is 649 g/mol. The number of anilines is 1. The number of fused-ring (bicyclic) bond motifs is 2. The topological polar surface area (TPSA) is 158 Å². The van der Waals surface area contributed by atoms with Gasteiger partial charge in [-0.25, -0.2) is 9.78 Å². The highest BCUT2D eigenvalue weighted by molar-refractivity contribution is 7.85. The molecule has 0 radical (unpaired) electrons. The number of carboxylic acids is 1. The van der Waals surface area contributed by atoms with E-state index in [-0.39, 0.29) is 43.5 Å². The lowest BCUT2D eigenvalue weighted by Crippen LogP contribution is -2.34. The number of hydrogen-bond donors (Lipinski definition) is 2. The molecular formula is C32H31N3O8S2. The van der Waals surface area contributed by atoms with E-state index in [1.807, 2.05) is 55.4 Å². The molecule has 13 heteroatoms. The van der Waals surface area contributed by atoms with Crippen molar-refractivity contribution in [3.05, 3.63) is 82.7 Å². The van der Waals surface area contributed by atoms with Crippen molar-refractivity contribution in [1.82, 2.24) is 9.88 Å². The minimum atomic E-state index is -4.27. The molecule has 0 saturated carbocycles. The molecule has 1 amide bonds. The fraction of sp³-hybridized carbons (Fsp3) is 0.250. The van der Waals surface area contributed by atoms with Gasteiger partial charge in [0.1, 0.15) is 16.2 Å². The van der Waals surface area contributed by atoms with Crippen molar-refractivity contribution in [3.63, 3.8) is 0 Å². The first kappa shape index (κ1) is 31.8. The first-order valence-corrected chi connectivity index (χ1v) is 16.6. The van der Waals surface area contributed by atoms with Crippen molar-refractivity contribution in [2.24, 2.45) is 0 Å². The van der Waals surface area contributed by atoms with Gasteiger partial charge >= 0.3 is 11.6 Å². The standard InChI is InChI=1S/C32H31N3O8S2/c1-34(2)20-14-15-23-25(19-20)43-32(39)29(30-33-24-11-5-6-12-26(24)44-30)28(23)21-9-3-4-10-22(21)31(38)35(16-7-13-27(36)37)17-8-18-45(40,41)42/h3-6,9-12,14-15,19H,7-8,13,16-18H2,1-2H3,(H,36,37)(H,40,41,42). The second-order valence-electron chi connectivity index (χ2n) is 10.7. The van der Waals surface area contributed by atoms with Crippen LogP contribution >= 0.6 is 11.3 Å². The van der Waals surface area contributed by atoms with Crippen LogP contribution in [0.4, 0.5) is 5.69 Å². The second kappa shape index (κ2) is 13.2. The Morgan fingerprint density at radius 1 is 0.956 bits per heavy atom. The van der Waals surface area contributed by atoms with Crippen LogP contribution in [0.3, 0.4) is 0 Å². The molecule has 0 atom stereocenters. The molecule has 0 fully saturated rings. The molecule has 2 aromatic heterocycles. The smallest absolute Gasteiger partial charge is 0.347 e. The van der Waals surface area contributed by atoms with Gasteiger partial charge < -0.3 is 19.3 Å². The van der Waals surface area contributed by atoms with Crippen LogP contribution in [0, 0.1) is 0 Å². The summed E-state index contributed by atoms with van der Waals surface area (Å²) in [5.74, 6) is -2.06. The van der Waals surface area contributed by atoms with E-state index in [0.29, 0.717) is 32.6 Å². The van der Waals surface area contributed by atoms with Crippen molar-refractivity contribution in [3.8, 4) is 21.7 Å². The number of para-hydroxylation sites is 1. The Hall–Kier alpha value is -4.59. The third kappa shape index (κ3) is 7.22. The lowest BCUT2D eigenvalue weighted by atomic mass is 9.92. The number of rotatable bonds is 12. The fourth-order valence-electron chi connectivity index (χ4n) is 5.15. The highest BCUT2D eigenvalue weighted by atomic mass is 32.2. The zero-order valence-electron chi connectivity index (χ0n) is 24.6. The Labute approximate surface area is 263 Å². The number of aliphatic carboxylic acids is 1. The van der Waals surface area contributed by atoms with Gasteiger partial charge in [0, 0.05) is 61.9 Å². The molecule has 0 aliphatic heterocycles. The number of amides is 1. The maximum atomic E-state index is 14.2. The summed E-state index contributed by atoms with van der Waals surface area (Å²) in [6, 6.07) is 19.7. The molecule has 5 aromatic rings. The predicted molar refractivity (Wildman–Crippen MR) is 175 cm³/mol. The van der Waals surface area contributed by atoms with Crippen molar-refractivity contribution >= 4 is 60.2 Å². The summed E-state index contributed by atoms with van der Waals surface area (Å²) in [6.07, 6.45) is -0.108. The number of carbonyl (C=O) groups is 2. The number of hydrogen-bond acceptors (Lipinski definition) is 9. The fourth-order valence-corrected chi connectivity index (χ4v) is 6.65. The molecule has 0 aliphatic carbocycles. The van der Waals surface area contributed by atoms with Crippen LogP contribution in [-0.2, 0) is 14.9 Å². The van der Waals surface area contributed by atoms with Crippen LogP contribution < -0.4 is 10.5 Å². The van der Waals surface area contributed by atoms with Crippen LogP contribution in [0.1, 0.15) is 29.6 Å². The average molecular weight is 650 g/mol. The summed E-state index contributed by atoms with van der Waals surface area (Å²) in [6.45, 7) is 0.000710. The summed E-state index contributed by atoms with van der Waals surface area (Å²) in [7, 11) is -0.537. The van der Waals surface area contributed by atoms with Gasteiger partial charge in [0.2, 0.25) is 0 Å². The molecule has 0 spiro atoms. The molecule has 2 heterocycles. The van der Waals surface area contributed by atoms with Crippen LogP contribution in [0.2, 0.25) is 0 Å². The molecular weight excluding hydrogens is 618 g/mol. The van der Waals surface area contributed by atoms with E-state index in [1.165, 1.54) is 16.2 Å². The highest BCUT2D eigenvalue weighted by Gasteiger charge is 2.27. The maximum absolute atomic E-state index is 14.2. The largest absolute Gasteiger partial charge is 0.481 e. The van der Waals surface area contributed by atoms with Gasteiger partial charge in [-0.15, -0.1) is 11.3 Å². The minimum absolute atomic E-state index is 0.0405. The number of benzene rings is 3. The number of thiazole rings is 1. The van der Waals surface area contributed by atoms with Crippen LogP contribution in [0.15, 0.2) is 75.9 Å². The van der Waals surface area contributed by atoms with E-state index >= 15 is 0 Å². The summed E-state index contributed by atoms with van der Waals surface area (Å²) < 4.78 is 38.7. The normalized spacial score (nSPS) is 11.6. The van der Waals surface area contributed by atoms with Crippen molar-refractivity contribution in [2.75, 3.05) is 37.8 Å². The molecule has 234 valence electrons. The van der Waals surface area contributed by atoms with Gasteiger partial charge in [0.25, 0.3) is 16.0 Å². The van der Waals surface area contributed by atoms with Gasteiger partial charge in [-0.1, -0.05) is 30.3 Å². The van der Waals surface area contributed by atoms with Gasteiger partial charge in [-0.05, 0) is 48.7 Å². The summed E-state index contributed by atoms with van der Waals surface area (Å²) in [5, 5.41) is 10.2. The molecule has 0 bridgehead atoms. The molecule has 3 aromatic carbocycles. The van der Waals surface area contributed by atoms with Gasteiger partial charge in [-0.3, -0.25) is 14.1 Å². The zero-order chi connectivity index (χ0) is 32.3.